The largest absolute Gasteiger partial charge is 0.464 e. The quantitative estimate of drug-likeness (QED) is 0.786. The highest BCUT2D eigenvalue weighted by Crippen LogP contribution is 2.28. The SMILES string of the molecule is COC(=O)c1nc(-c2ccc(F)c(F)c2)sc1C. The van der Waals surface area contributed by atoms with E-state index in [9.17, 15) is 13.6 Å². The molecule has 18 heavy (non-hydrogen) atoms. The van der Waals surface area contributed by atoms with Gasteiger partial charge >= 0.3 is 5.97 Å². The van der Waals surface area contributed by atoms with Gasteiger partial charge in [-0.25, -0.2) is 18.6 Å². The third-order valence-corrected chi connectivity index (χ3v) is 3.36. The number of rotatable bonds is 2. The van der Waals surface area contributed by atoms with Crippen molar-refractivity contribution in [2.24, 2.45) is 0 Å². The van der Waals surface area contributed by atoms with Crippen LogP contribution >= 0.6 is 11.3 Å². The van der Waals surface area contributed by atoms with Crippen molar-refractivity contribution in [3.63, 3.8) is 0 Å². The van der Waals surface area contributed by atoms with E-state index in [-0.39, 0.29) is 5.69 Å². The van der Waals surface area contributed by atoms with Crippen molar-refractivity contribution in [2.45, 2.75) is 6.92 Å². The molecule has 0 bridgehead atoms. The van der Waals surface area contributed by atoms with Crippen molar-refractivity contribution in [2.75, 3.05) is 7.11 Å². The van der Waals surface area contributed by atoms with E-state index >= 15 is 0 Å². The normalized spacial score (nSPS) is 10.4. The number of esters is 1. The predicted octanol–water partition coefficient (Wildman–Crippen LogP) is 3.18. The highest BCUT2D eigenvalue weighted by molar-refractivity contribution is 7.15. The average Bonchev–Trinajstić information content (AvgIpc) is 2.74. The van der Waals surface area contributed by atoms with Crippen LogP contribution < -0.4 is 0 Å². The molecule has 2 aromatic rings. The number of ether oxygens (including phenoxy) is 1. The zero-order chi connectivity index (χ0) is 13.3. The second-order valence-electron chi connectivity index (χ2n) is 3.54. The van der Waals surface area contributed by atoms with Crippen LogP contribution in [0.4, 0.5) is 8.78 Å². The summed E-state index contributed by atoms with van der Waals surface area (Å²) >= 11 is 1.22. The Hall–Kier alpha value is -1.82. The molecular formula is C12H9F2NO2S. The summed E-state index contributed by atoms with van der Waals surface area (Å²) in [5.74, 6) is -2.40. The first kappa shape index (κ1) is 12.6. The maximum atomic E-state index is 13.1. The van der Waals surface area contributed by atoms with Gasteiger partial charge in [0.05, 0.1) is 7.11 Å². The molecule has 94 valence electrons. The molecule has 0 atom stereocenters. The second kappa shape index (κ2) is 4.81. The van der Waals surface area contributed by atoms with Crippen LogP contribution in [-0.4, -0.2) is 18.1 Å². The Morgan fingerprint density at radius 1 is 1.33 bits per heavy atom. The lowest BCUT2D eigenvalue weighted by atomic mass is 10.2. The lowest BCUT2D eigenvalue weighted by molar-refractivity contribution is 0.0594. The number of nitrogens with zero attached hydrogens (tertiary/aromatic N) is 1. The second-order valence-corrected chi connectivity index (χ2v) is 4.75. The Morgan fingerprint density at radius 3 is 2.67 bits per heavy atom. The summed E-state index contributed by atoms with van der Waals surface area (Å²) in [4.78, 5) is 16.1. The van der Waals surface area contributed by atoms with E-state index in [4.69, 9.17) is 0 Å². The zero-order valence-corrected chi connectivity index (χ0v) is 10.5. The molecule has 0 aliphatic rings. The molecule has 0 saturated carbocycles. The maximum absolute atomic E-state index is 13.1. The van der Waals surface area contributed by atoms with Crippen LogP contribution in [0.5, 0.6) is 0 Å². The number of carbonyl (C=O) groups is 1. The highest BCUT2D eigenvalue weighted by Gasteiger charge is 2.17. The number of carbonyl (C=O) groups excluding carboxylic acids is 1. The Labute approximate surface area is 106 Å². The van der Waals surface area contributed by atoms with Crippen molar-refractivity contribution in [3.8, 4) is 10.6 Å². The summed E-state index contributed by atoms with van der Waals surface area (Å²) in [6.45, 7) is 1.72. The van der Waals surface area contributed by atoms with Gasteiger partial charge in [0.15, 0.2) is 17.3 Å². The van der Waals surface area contributed by atoms with Crippen LogP contribution in [-0.2, 0) is 4.74 Å². The van der Waals surface area contributed by atoms with Gasteiger partial charge in [-0.3, -0.25) is 0 Å². The molecule has 3 nitrogen and oxygen atoms in total. The van der Waals surface area contributed by atoms with E-state index in [1.807, 2.05) is 0 Å². The minimum absolute atomic E-state index is 0.197. The molecule has 0 N–H and O–H groups in total. The summed E-state index contributed by atoms with van der Waals surface area (Å²) < 4.78 is 30.5. The molecule has 1 aromatic carbocycles. The lowest BCUT2D eigenvalue weighted by Gasteiger charge is -1.97. The fourth-order valence-electron chi connectivity index (χ4n) is 1.44. The van der Waals surface area contributed by atoms with Crippen molar-refractivity contribution < 1.29 is 18.3 Å². The van der Waals surface area contributed by atoms with Gasteiger partial charge in [0.25, 0.3) is 0 Å². The number of benzene rings is 1. The molecule has 0 aliphatic heterocycles. The molecular weight excluding hydrogens is 260 g/mol. The van der Waals surface area contributed by atoms with Crippen molar-refractivity contribution in [1.29, 1.82) is 0 Å². The summed E-state index contributed by atoms with van der Waals surface area (Å²) in [6, 6.07) is 3.49. The monoisotopic (exact) mass is 269 g/mol. The molecule has 0 fully saturated rings. The summed E-state index contributed by atoms with van der Waals surface area (Å²) in [5, 5.41) is 0.451. The van der Waals surface area contributed by atoms with E-state index in [2.05, 4.69) is 9.72 Å². The van der Waals surface area contributed by atoms with Gasteiger partial charge < -0.3 is 4.74 Å². The van der Waals surface area contributed by atoms with Gasteiger partial charge in [0.1, 0.15) is 5.01 Å². The Balaban J connectivity index is 2.45. The number of aromatic nitrogens is 1. The third-order valence-electron chi connectivity index (χ3n) is 2.34. The van der Waals surface area contributed by atoms with Gasteiger partial charge in [-0.05, 0) is 25.1 Å². The van der Waals surface area contributed by atoms with Gasteiger partial charge in [0, 0.05) is 10.4 Å². The molecule has 0 aliphatic carbocycles. The fourth-order valence-corrected chi connectivity index (χ4v) is 2.33. The first-order chi connectivity index (χ1) is 8.52. The number of halogens is 2. The molecule has 0 radical (unpaired) electrons. The molecule has 0 spiro atoms. The average molecular weight is 269 g/mol. The first-order valence-electron chi connectivity index (χ1n) is 5.04. The lowest BCUT2D eigenvalue weighted by Crippen LogP contribution is -2.03. The first-order valence-corrected chi connectivity index (χ1v) is 5.85. The number of hydrogen-bond donors (Lipinski definition) is 0. The topological polar surface area (TPSA) is 39.2 Å². The Kier molecular flexibility index (Phi) is 3.38. The fraction of sp³-hybridized carbons (Fsp3) is 0.167. The van der Waals surface area contributed by atoms with Crippen LogP contribution in [0.1, 0.15) is 15.4 Å². The van der Waals surface area contributed by atoms with E-state index in [1.165, 1.54) is 24.5 Å². The third kappa shape index (κ3) is 2.24. The summed E-state index contributed by atoms with van der Waals surface area (Å²) in [6.07, 6.45) is 0. The smallest absolute Gasteiger partial charge is 0.357 e. The molecule has 6 heteroatoms. The number of hydrogen-bond acceptors (Lipinski definition) is 4. The highest BCUT2D eigenvalue weighted by atomic mass is 32.1. The minimum Gasteiger partial charge on any atom is -0.464 e. The van der Waals surface area contributed by atoms with Gasteiger partial charge in [-0.2, -0.15) is 0 Å². The molecule has 0 amide bonds. The number of aryl methyl sites for hydroxylation is 1. The van der Waals surface area contributed by atoms with Crippen LogP contribution in [0.25, 0.3) is 10.6 Å². The number of thiazole rings is 1. The van der Waals surface area contributed by atoms with Crippen molar-refractivity contribution in [1.82, 2.24) is 4.98 Å². The molecule has 1 aromatic heterocycles. The predicted molar refractivity (Wildman–Crippen MR) is 63.5 cm³/mol. The van der Waals surface area contributed by atoms with Crippen LogP contribution in [0, 0.1) is 18.6 Å². The maximum Gasteiger partial charge on any atom is 0.357 e. The van der Waals surface area contributed by atoms with Crippen LogP contribution in [0.3, 0.4) is 0 Å². The van der Waals surface area contributed by atoms with E-state index in [1.54, 1.807) is 6.92 Å². The molecule has 0 saturated heterocycles. The van der Waals surface area contributed by atoms with E-state index < -0.39 is 17.6 Å². The number of methoxy groups -OCH3 is 1. The molecule has 2 rings (SSSR count). The molecule has 0 unspecified atom stereocenters. The summed E-state index contributed by atoms with van der Waals surface area (Å²) in [7, 11) is 1.26. The zero-order valence-electron chi connectivity index (χ0n) is 9.66. The standard InChI is InChI=1S/C12H9F2NO2S/c1-6-10(12(16)17-2)15-11(18-6)7-3-4-8(13)9(14)5-7/h3-5H,1-2H3. The molecule has 1 heterocycles. The van der Waals surface area contributed by atoms with E-state index in [0.29, 0.717) is 15.4 Å². The van der Waals surface area contributed by atoms with E-state index in [0.717, 1.165) is 12.1 Å². The Morgan fingerprint density at radius 2 is 2.06 bits per heavy atom. The van der Waals surface area contributed by atoms with Crippen molar-refractivity contribution in [3.05, 3.63) is 40.4 Å². The van der Waals surface area contributed by atoms with Gasteiger partial charge in [-0.1, -0.05) is 0 Å². The van der Waals surface area contributed by atoms with Crippen molar-refractivity contribution >= 4 is 17.3 Å². The van der Waals surface area contributed by atoms with Crippen LogP contribution in [0.15, 0.2) is 18.2 Å². The van der Waals surface area contributed by atoms with Gasteiger partial charge in [0.2, 0.25) is 0 Å². The Bertz CT molecular complexity index is 610. The summed E-state index contributed by atoms with van der Waals surface area (Å²) in [5.41, 5.74) is 0.624. The van der Waals surface area contributed by atoms with Crippen LogP contribution in [0.2, 0.25) is 0 Å². The minimum atomic E-state index is -0.944. The van der Waals surface area contributed by atoms with Gasteiger partial charge in [-0.15, -0.1) is 11.3 Å².